The van der Waals surface area contributed by atoms with Crippen LogP contribution >= 0.6 is 0 Å². The van der Waals surface area contributed by atoms with E-state index in [0.29, 0.717) is 30.1 Å². The maximum atomic E-state index is 13.6. The zero-order chi connectivity index (χ0) is 26.1. The van der Waals surface area contributed by atoms with Gasteiger partial charge in [0, 0.05) is 6.54 Å². The van der Waals surface area contributed by atoms with Crippen LogP contribution in [0.4, 0.5) is 30.7 Å². The Labute approximate surface area is 201 Å². The molecule has 1 aliphatic heterocycles. The van der Waals surface area contributed by atoms with E-state index in [4.69, 9.17) is 9.47 Å². The van der Waals surface area contributed by atoms with Crippen LogP contribution in [0.2, 0.25) is 0 Å². The minimum absolute atomic E-state index is 0.0633. The first kappa shape index (κ1) is 26.0. The van der Waals surface area contributed by atoms with Gasteiger partial charge in [-0.3, -0.25) is 10.00 Å². The van der Waals surface area contributed by atoms with E-state index in [1.807, 2.05) is 4.90 Å². The highest BCUT2D eigenvalue weighted by molar-refractivity contribution is 5.34. The lowest BCUT2D eigenvalue weighted by molar-refractivity contribution is -0.231. The molecule has 36 heavy (non-hydrogen) atoms. The number of morpholine rings is 1. The van der Waals surface area contributed by atoms with Gasteiger partial charge in [-0.05, 0) is 48.4 Å². The van der Waals surface area contributed by atoms with Crippen LogP contribution in [-0.2, 0) is 28.4 Å². The van der Waals surface area contributed by atoms with E-state index in [1.54, 1.807) is 0 Å². The molecular formula is C23H21F7N4O2. The minimum Gasteiger partial charge on any atom is -0.349 e. The Morgan fingerprint density at radius 2 is 1.69 bits per heavy atom. The molecule has 1 aliphatic rings. The standard InChI is InChI=1S/C23H21F7N4O2/c1-13(15-8-16(22(25,26)27)10-17(9-15)23(28,29)30)36-21-20(14-2-4-18(24)5-3-14)34(6-7-35-21)11-19-31-12-32-33-19/h2-5,8-10,12-13,20-21H,6-7,11H2,1H3,(H,31,32,33)/t13?,20-,21+/m0/s1. The summed E-state index contributed by atoms with van der Waals surface area (Å²) in [5, 5.41) is 6.53. The van der Waals surface area contributed by atoms with Crippen LogP contribution in [0.5, 0.6) is 0 Å². The van der Waals surface area contributed by atoms with Gasteiger partial charge in [-0.25, -0.2) is 9.37 Å². The smallest absolute Gasteiger partial charge is 0.349 e. The molecule has 0 radical (unpaired) electrons. The van der Waals surface area contributed by atoms with Crippen molar-refractivity contribution in [1.82, 2.24) is 20.1 Å². The highest BCUT2D eigenvalue weighted by atomic mass is 19.4. The number of halogens is 7. The van der Waals surface area contributed by atoms with Gasteiger partial charge in [0.1, 0.15) is 18.0 Å². The molecule has 1 saturated heterocycles. The van der Waals surface area contributed by atoms with Crippen molar-refractivity contribution in [1.29, 1.82) is 0 Å². The van der Waals surface area contributed by atoms with Crippen LogP contribution in [0.3, 0.4) is 0 Å². The van der Waals surface area contributed by atoms with Crippen LogP contribution in [0, 0.1) is 5.82 Å². The molecule has 2 heterocycles. The highest BCUT2D eigenvalue weighted by Gasteiger charge is 2.39. The summed E-state index contributed by atoms with van der Waals surface area (Å²) in [7, 11) is 0. The van der Waals surface area contributed by atoms with Crippen molar-refractivity contribution in [3.8, 4) is 0 Å². The number of nitrogens with one attached hydrogen (secondary N) is 1. The van der Waals surface area contributed by atoms with E-state index in [-0.39, 0.29) is 24.8 Å². The zero-order valence-electron chi connectivity index (χ0n) is 18.8. The summed E-state index contributed by atoms with van der Waals surface area (Å²) in [5.41, 5.74) is -2.61. The molecule has 0 saturated carbocycles. The summed E-state index contributed by atoms with van der Waals surface area (Å²) in [4.78, 5) is 5.98. The molecule has 3 atom stereocenters. The van der Waals surface area contributed by atoms with Crippen molar-refractivity contribution in [2.45, 2.75) is 44.3 Å². The Morgan fingerprint density at radius 1 is 1.06 bits per heavy atom. The third kappa shape index (κ3) is 6.02. The summed E-state index contributed by atoms with van der Waals surface area (Å²) in [5.74, 6) is 0.0373. The Morgan fingerprint density at radius 3 is 2.25 bits per heavy atom. The lowest BCUT2D eigenvalue weighted by Crippen LogP contribution is -2.46. The molecule has 0 aliphatic carbocycles. The molecule has 0 amide bonds. The first-order valence-corrected chi connectivity index (χ1v) is 10.8. The van der Waals surface area contributed by atoms with Crippen LogP contribution < -0.4 is 0 Å². The van der Waals surface area contributed by atoms with E-state index < -0.39 is 47.7 Å². The lowest BCUT2D eigenvalue weighted by Gasteiger charge is -2.41. The molecule has 1 unspecified atom stereocenters. The van der Waals surface area contributed by atoms with E-state index in [0.717, 1.165) is 0 Å². The largest absolute Gasteiger partial charge is 0.416 e. The molecule has 1 N–H and O–H groups in total. The quantitative estimate of drug-likeness (QED) is 0.427. The molecule has 1 aromatic heterocycles. The number of nitrogens with zero attached hydrogens (tertiary/aromatic N) is 3. The third-order valence-electron chi connectivity index (χ3n) is 5.76. The number of hydrogen-bond acceptors (Lipinski definition) is 5. The van der Waals surface area contributed by atoms with Crippen LogP contribution in [0.1, 0.15) is 47.1 Å². The highest BCUT2D eigenvalue weighted by Crippen LogP contribution is 2.39. The number of alkyl halides is 6. The predicted octanol–water partition coefficient (Wildman–Crippen LogP) is 5.66. The summed E-state index contributed by atoms with van der Waals surface area (Å²) in [6, 6.07) is 6.14. The van der Waals surface area contributed by atoms with Gasteiger partial charge in [-0.1, -0.05) is 12.1 Å². The molecule has 3 aromatic rings. The second-order valence-electron chi connectivity index (χ2n) is 8.26. The van der Waals surface area contributed by atoms with E-state index in [1.165, 1.54) is 37.5 Å². The van der Waals surface area contributed by atoms with Crippen molar-refractivity contribution in [3.05, 3.63) is 82.7 Å². The molecule has 0 bridgehead atoms. The second-order valence-corrected chi connectivity index (χ2v) is 8.26. The van der Waals surface area contributed by atoms with Crippen LogP contribution in [-0.4, -0.2) is 39.5 Å². The van der Waals surface area contributed by atoms with Crippen molar-refractivity contribution >= 4 is 0 Å². The van der Waals surface area contributed by atoms with Gasteiger partial charge >= 0.3 is 12.4 Å². The zero-order valence-corrected chi connectivity index (χ0v) is 18.8. The Bertz CT molecular complexity index is 1120. The topological polar surface area (TPSA) is 63.3 Å². The molecular weight excluding hydrogens is 497 g/mol. The van der Waals surface area contributed by atoms with Crippen molar-refractivity contribution in [3.63, 3.8) is 0 Å². The lowest BCUT2D eigenvalue weighted by atomic mass is 10.0. The number of hydrogen-bond donors (Lipinski definition) is 1. The van der Waals surface area contributed by atoms with Crippen LogP contribution in [0.15, 0.2) is 48.8 Å². The normalized spacial score (nSPS) is 20.4. The Kier molecular flexibility index (Phi) is 7.34. The first-order valence-electron chi connectivity index (χ1n) is 10.8. The van der Waals surface area contributed by atoms with Crippen molar-refractivity contribution in [2.24, 2.45) is 0 Å². The number of rotatable bonds is 6. The monoisotopic (exact) mass is 518 g/mol. The van der Waals surface area contributed by atoms with Gasteiger partial charge in [-0.15, -0.1) is 0 Å². The Balaban J connectivity index is 1.66. The molecule has 0 spiro atoms. The van der Waals surface area contributed by atoms with Gasteiger partial charge in [0.05, 0.1) is 36.4 Å². The molecule has 1 fully saturated rings. The van der Waals surface area contributed by atoms with Crippen LogP contribution in [0.25, 0.3) is 0 Å². The average Bonchev–Trinajstić information content (AvgIpc) is 3.32. The van der Waals surface area contributed by atoms with Gasteiger partial charge in [0.15, 0.2) is 6.29 Å². The number of ether oxygens (including phenoxy) is 2. The van der Waals surface area contributed by atoms with Gasteiger partial charge in [0.2, 0.25) is 0 Å². The van der Waals surface area contributed by atoms with Gasteiger partial charge in [-0.2, -0.15) is 31.4 Å². The second kappa shape index (κ2) is 10.1. The number of aromatic nitrogens is 3. The fraction of sp³-hybridized carbons (Fsp3) is 0.391. The first-order chi connectivity index (χ1) is 16.9. The molecule has 4 rings (SSSR count). The number of aromatic amines is 1. The number of H-pyrrole nitrogens is 1. The molecule has 194 valence electrons. The summed E-state index contributed by atoms with van der Waals surface area (Å²) < 4.78 is 105. The third-order valence-corrected chi connectivity index (χ3v) is 5.76. The predicted molar refractivity (Wildman–Crippen MR) is 112 cm³/mol. The maximum Gasteiger partial charge on any atom is 0.416 e. The van der Waals surface area contributed by atoms with E-state index >= 15 is 0 Å². The van der Waals surface area contributed by atoms with Crippen molar-refractivity contribution in [2.75, 3.05) is 13.2 Å². The summed E-state index contributed by atoms with van der Waals surface area (Å²) in [6.45, 7) is 2.18. The van der Waals surface area contributed by atoms with Gasteiger partial charge < -0.3 is 9.47 Å². The molecule has 6 nitrogen and oxygen atoms in total. The number of benzene rings is 2. The summed E-state index contributed by atoms with van der Waals surface area (Å²) in [6.07, 6.45) is -10.9. The fourth-order valence-electron chi connectivity index (χ4n) is 4.00. The fourth-order valence-corrected chi connectivity index (χ4v) is 4.00. The minimum atomic E-state index is -4.98. The summed E-state index contributed by atoms with van der Waals surface area (Å²) >= 11 is 0. The SMILES string of the molecule is CC(O[C@H]1OCCN(Cc2ncn[nH]2)[C@H]1c1ccc(F)cc1)c1cc(C(F)(F)F)cc(C(F)(F)F)c1. The molecule has 13 heteroatoms. The van der Waals surface area contributed by atoms with E-state index in [2.05, 4.69) is 15.2 Å². The van der Waals surface area contributed by atoms with E-state index in [9.17, 15) is 30.7 Å². The average molecular weight is 518 g/mol. The molecule has 2 aromatic carbocycles. The van der Waals surface area contributed by atoms with Crippen molar-refractivity contribution < 1.29 is 40.2 Å². The maximum absolute atomic E-state index is 13.6. The van der Waals surface area contributed by atoms with Gasteiger partial charge in [0.25, 0.3) is 0 Å². The Hall–Kier alpha value is -3.03.